The third-order valence-electron chi connectivity index (χ3n) is 2.09. The van der Waals surface area contributed by atoms with Crippen LogP contribution < -0.4 is 11.5 Å². The topological polar surface area (TPSA) is 133 Å². The van der Waals surface area contributed by atoms with Crippen molar-refractivity contribution in [2.24, 2.45) is 11.5 Å². The molecule has 0 aromatic carbocycles. The lowest BCUT2D eigenvalue weighted by molar-refractivity contribution is -0.101. The minimum Gasteiger partial charge on any atom is -0.394 e. The molecule has 0 aromatic heterocycles. The summed E-state index contributed by atoms with van der Waals surface area (Å²) < 4.78 is 0. The molecule has 8 N–H and O–H groups in total. The summed E-state index contributed by atoms with van der Waals surface area (Å²) in [6, 6.07) is 0. The standard InChI is InChI=1S/C6H16N2O4/c7-1-6(12,4-11)5(8,2-9)3-10/h9-12H,1-4,7-8H2. The van der Waals surface area contributed by atoms with E-state index in [-0.39, 0.29) is 6.54 Å². The zero-order valence-corrected chi connectivity index (χ0v) is 6.77. The van der Waals surface area contributed by atoms with Gasteiger partial charge in [0.05, 0.1) is 25.4 Å². The Morgan fingerprint density at radius 3 is 1.50 bits per heavy atom. The van der Waals surface area contributed by atoms with Crippen LogP contribution in [0.2, 0.25) is 0 Å². The van der Waals surface area contributed by atoms with Crippen LogP contribution in [-0.4, -0.2) is 57.9 Å². The number of nitrogens with two attached hydrogens (primary N) is 2. The van der Waals surface area contributed by atoms with Crippen molar-refractivity contribution >= 4 is 0 Å². The second-order valence-electron chi connectivity index (χ2n) is 2.87. The lowest BCUT2D eigenvalue weighted by atomic mass is 9.82. The van der Waals surface area contributed by atoms with E-state index in [1.807, 2.05) is 0 Å². The number of aliphatic hydroxyl groups excluding tert-OH is 3. The van der Waals surface area contributed by atoms with Crippen LogP contribution in [0.3, 0.4) is 0 Å². The van der Waals surface area contributed by atoms with Crippen LogP contribution in [0.1, 0.15) is 0 Å². The third-order valence-corrected chi connectivity index (χ3v) is 2.09. The summed E-state index contributed by atoms with van der Waals surface area (Å²) in [6.45, 7) is -2.35. The molecule has 0 heterocycles. The molecule has 12 heavy (non-hydrogen) atoms. The van der Waals surface area contributed by atoms with Gasteiger partial charge in [-0.25, -0.2) is 0 Å². The molecule has 0 aliphatic rings. The van der Waals surface area contributed by atoms with E-state index < -0.39 is 31.0 Å². The van der Waals surface area contributed by atoms with Gasteiger partial charge >= 0.3 is 0 Å². The summed E-state index contributed by atoms with van der Waals surface area (Å²) in [7, 11) is 0. The molecule has 0 saturated heterocycles. The van der Waals surface area contributed by atoms with Crippen molar-refractivity contribution in [1.29, 1.82) is 0 Å². The van der Waals surface area contributed by atoms with Crippen LogP contribution >= 0.6 is 0 Å². The number of hydrogen-bond donors (Lipinski definition) is 6. The van der Waals surface area contributed by atoms with E-state index in [0.717, 1.165) is 0 Å². The van der Waals surface area contributed by atoms with Gasteiger partial charge in [-0.2, -0.15) is 0 Å². The van der Waals surface area contributed by atoms with Crippen LogP contribution in [0, 0.1) is 0 Å². The van der Waals surface area contributed by atoms with Gasteiger partial charge in [-0.15, -0.1) is 0 Å². The molecule has 1 atom stereocenters. The van der Waals surface area contributed by atoms with Crippen molar-refractivity contribution < 1.29 is 20.4 Å². The average molecular weight is 180 g/mol. The summed E-state index contributed by atoms with van der Waals surface area (Å²) in [5.41, 5.74) is 7.03. The third kappa shape index (κ3) is 1.74. The highest BCUT2D eigenvalue weighted by Gasteiger charge is 2.45. The summed E-state index contributed by atoms with van der Waals surface area (Å²) in [6.07, 6.45) is 0. The number of hydrogen-bond acceptors (Lipinski definition) is 6. The van der Waals surface area contributed by atoms with Gasteiger partial charge in [-0.1, -0.05) is 0 Å². The zero-order valence-electron chi connectivity index (χ0n) is 6.77. The fourth-order valence-corrected chi connectivity index (χ4v) is 0.770. The lowest BCUT2D eigenvalue weighted by Gasteiger charge is -2.40. The van der Waals surface area contributed by atoms with E-state index in [0.29, 0.717) is 0 Å². The molecule has 0 radical (unpaired) electrons. The minimum absolute atomic E-state index is 0.332. The zero-order chi connectivity index (χ0) is 9.83. The molecule has 6 nitrogen and oxygen atoms in total. The maximum Gasteiger partial charge on any atom is 0.122 e. The molecule has 0 rings (SSSR count). The number of rotatable bonds is 5. The van der Waals surface area contributed by atoms with Crippen LogP contribution in [-0.2, 0) is 0 Å². The van der Waals surface area contributed by atoms with Crippen LogP contribution in [0.25, 0.3) is 0 Å². The van der Waals surface area contributed by atoms with Crippen LogP contribution in [0.4, 0.5) is 0 Å². The van der Waals surface area contributed by atoms with Gasteiger partial charge < -0.3 is 31.9 Å². The molecule has 0 fully saturated rings. The van der Waals surface area contributed by atoms with Crippen molar-refractivity contribution in [3.8, 4) is 0 Å². The number of aliphatic hydroxyl groups is 4. The molecule has 6 heteroatoms. The Morgan fingerprint density at radius 1 is 1.00 bits per heavy atom. The Kier molecular flexibility index (Phi) is 4.04. The molecule has 0 bridgehead atoms. The van der Waals surface area contributed by atoms with E-state index in [9.17, 15) is 5.11 Å². The van der Waals surface area contributed by atoms with Gasteiger partial charge in [0.25, 0.3) is 0 Å². The van der Waals surface area contributed by atoms with E-state index >= 15 is 0 Å². The summed E-state index contributed by atoms with van der Waals surface area (Å²) >= 11 is 0. The molecule has 0 spiro atoms. The Balaban J connectivity index is 4.66. The van der Waals surface area contributed by atoms with Crippen LogP contribution in [0.5, 0.6) is 0 Å². The fourth-order valence-electron chi connectivity index (χ4n) is 0.770. The van der Waals surface area contributed by atoms with E-state index in [4.69, 9.17) is 26.8 Å². The molecule has 0 saturated carbocycles. The van der Waals surface area contributed by atoms with Crippen molar-refractivity contribution in [2.75, 3.05) is 26.4 Å². The van der Waals surface area contributed by atoms with Crippen molar-refractivity contribution in [3.63, 3.8) is 0 Å². The highest BCUT2D eigenvalue weighted by molar-refractivity contribution is 5.03. The predicted molar refractivity (Wildman–Crippen MR) is 42.2 cm³/mol. The second kappa shape index (κ2) is 4.13. The quantitative estimate of drug-likeness (QED) is 0.258. The largest absolute Gasteiger partial charge is 0.394 e. The Bertz CT molecular complexity index is 118. The normalized spacial score (nSPS) is 17.5. The van der Waals surface area contributed by atoms with Crippen molar-refractivity contribution in [1.82, 2.24) is 0 Å². The Morgan fingerprint density at radius 2 is 1.42 bits per heavy atom. The first-order valence-electron chi connectivity index (χ1n) is 3.53. The summed E-state index contributed by atoms with van der Waals surface area (Å²) in [5, 5.41) is 35.8. The van der Waals surface area contributed by atoms with E-state index in [1.54, 1.807) is 0 Å². The van der Waals surface area contributed by atoms with E-state index in [2.05, 4.69) is 0 Å². The first-order chi connectivity index (χ1) is 5.49. The lowest BCUT2D eigenvalue weighted by Crippen LogP contribution is -2.70. The van der Waals surface area contributed by atoms with Gasteiger partial charge in [0.1, 0.15) is 5.60 Å². The van der Waals surface area contributed by atoms with Gasteiger partial charge in [-0.05, 0) is 0 Å². The highest BCUT2D eigenvalue weighted by atomic mass is 16.3. The van der Waals surface area contributed by atoms with Crippen molar-refractivity contribution in [2.45, 2.75) is 11.1 Å². The second-order valence-corrected chi connectivity index (χ2v) is 2.87. The summed E-state index contributed by atoms with van der Waals surface area (Å²) in [4.78, 5) is 0. The Hall–Kier alpha value is -0.240. The smallest absolute Gasteiger partial charge is 0.122 e. The molecule has 1 unspecified atom stereocenters. The minimum atomic E-state index is -1.85. The fraction of sp³-hybridized carbons (Fsp3) is 1.00. The first-order valence-corrected chi connectivity index (χ1v) is 3.53. The van der Waals surface area contributed by atoms with Gasteiger partial charge in [-0.3, -0.25) is 0 Å². The van der Waals surface area contributed by atoms with Gasteiger partial charge in [0, 0.05) is 6.54 Å². The molecular weight excluding hydrogens is 164 g/mol. The molecule has 74 valence electrons. The highest BCUT2D eigenvalue weighted by Crippen LogP contribution is 2.17. The average Bonchev–Trinajstić information content (AvgIpc) is 2.15. The monoisotopic (exact) mass is 180 g/mol. The van der Waals surface area contributed by atoms with Crippen LogP contribution in [0.15, 0.2) is 0 Å². The summed E-state index contributed by atoms with van der Waals surface area (Å²) in [5.74, 6) is 0. The molecular formula is C6H16N2O4. The first kappa shape index (κ1) is 11.8. The van der Waals surface area contributed by atoms with Gasteiger partial charge in [0.2, 0.25) is 0 Å². The SMILES string of the molecule is NCC(O)(CO)C(N)(CO)CO. The molecule has 0 aliphatic heterocycles. The Labute approximate surface area is 70.4 Å². The van der Waals surface area contributed by atoms with Gasteiger partial charge in [0.15, 0.2) is 0 Å². The molecule has 0 aromatic rings. The predicted octanol–water partition coefficient (Wildman–Crippen LogP) is -3.65. The molecule has 0 aliphatic carbocycles. The maximum atomic E-state index is 9.53. The van der Waals surface area contributed by atoms with E-state index in [1.165, 1.54) is 0 Å². The van der Waals surface area contributed by atoms with Crippen molar-refractivity contribution in [3.05, 3.63) is 0 Å². The molecule has 0 amide bonds. The maximum absolute atomic E-state index is 9.53.